The molecule has 0 aliphatic heterocycles. The standard InChI is InChI=1S/C4H7ClINO/c1-8-2-4(5)7-3-6/h2-3H2,1H3/p+1. The van der Waals surface area contributed by atoms with Crippen LogP contribution in [0.4, 0.5) is 0 Å². The fourth-order valence-electron chi connectivity index (χ4n) is 0.250. The van der Waals surface area contributed by atoms with Crippen molar-refractivity contribution >= 4 is 39.4 Å². The molecule has 0 saturated heterocycles. The van der Waals surface area contributed by atoms with Gasteiger partial charge in [0.15, 0.2) is 4.55 Å². The molecule has 0 amide bonds. The molecule has 0 heterocycles. The predicted molar refractivity (Wildman–Crippen MR) is 42.6 cm³/mol. The van der Waals surface area contributed by atoms with Gasteiger partial charge in [0, 0.05) is 7.11 Å². The van der Waals surface area contributed by atoms with Crippen LogP contribution in [0.2, 0.25) is 0 Å². The monoisotopic (exact) mass is 248 g/mol. The van der Waals surface area contributed by atoms with Crippen molar-refractivity contribution < 1.29 is 9.73 Å². The summed E-state index contributed by atoms with van der Waals surface area (Å²) in [6.07, 6.45) is 0. The lowest BCUT2D eigenvalue weighted by atomic mass is 10.8. The first-order valence-corrected chi connectivity index (χ1v) is 4.01. The zero-order valence-electron chi connectivity index (χ0n) is 4.58. The lowest BCUT2D eigenvalue weighted by Gasteiger charge is -1.85. The third kappa shape index (κ3) is 4.80. The molecule has 0 saturated carbocycles. The van der Waals surface area contributed by atoms with Crippen molar-refractivity contribution in [3.05, 3.63) is 0 Å². The molecular weight excluding hydrogens is 240 g/mol. The number of nitrogens with one attached hydrogen (secondary N) is 1. The van der Waals surface area contributed by atoms with E-state index >= 15 is 0 Å². The fourth-order valence-corrected chi connectivity index (χ4v) is 1.11. The minimum Gasteiger partial charge on any atom is -0.373 e. The van der Waals surface area contributed by atoms with Crippen molar-refractivity contribution in [3.8, 4) is 0 Å². The van der Waals surface area contributed by atoms with E-state index < -0.39 is 0 Å². The maximum absolute atomic E-state index is 5.56. The van der Waals surface area contributed by atoms with Crippen molar-refractivity contribution in [2.75, 3.05) is 18.3 Å². The summed E-state index contributed by atoms with van der Waals surface area (Å²) in [5, 5.41) is 0.655. The molecule has 0 spiro atoms. The average molecular weight is 248 g/mol. The molecule has 0 atom stereocenters. The second-order valence-electron chi connectivity index (χ2n) is 1.15. The van der Waals surface area contributed by atoms with Crippen molar-refractivity contribution in [3.63, 3.8) is 0 Å². The molecule has 0 aromatic heterocycles. The summed E-state index contributed by atoms with van der Waals surface area (Å²) in [4.78, 5) is 2.89. The number of hydrogen-bond donors (Lipinski definition) is 1. The minimum atomic E-state index is 0.477. The molecule has 48 valence electrons. The number of alkyl halides is 1. The number of halogens is 2. The van der Waals surface area contributed by atoms with Crippen LogP contribution in [0.5, 0.6) is 0 Å². The Morgan fingerprint density at radius 3 is 2.88 bits per heavy atom. The lowest BCUT2D eigenvalue weighted by molar-refractivity contribution is -0.425. The van der Waals surface area contributed by atoms with Gasteiger partial charge in [-0.05, 0) is 34.2 Å². The second-order valence-corrected chi connectivity index (χ2v) is 2.37. The predicted octanol–water partition coefficient (Wildman–Crippen LogP) is -0.257. The number of rotatable bonds is 3. The Balaban J connectivity index is 3.29. The molecule has 4 heteroatoms. The van der Waals surface area contributed by atoms with Crippen LogP contribution in [0, 0.1) is 0 Å². The topological polar surface area (TPSA) is 23.2 Å². The number of hydrogen-bond acceptors (Lipinski definition) is 1. The summed E-state index contributed by atoms with van der Waals surface area (Å²) in [5.74, 6) is 0. The summed E-state index contributed by atoms with van der Waals surface area (Å²) < 4.78 is 5.54. The van der Waals surface area contributed by atoms with E-state index in [1.165, 1.54) is 0 Å². The Labute approximate surface area is 67.4 Å². The Hall–Kier alpha value is 0.650. The Morgan fingerprint density at radius 1 is 1.88 bits per heavy atom. The maximum atomic E-state index is 5.56. The van der Waals surface area contributed by atoms with Crippen LogP contribution in [0.15, 0.2) is 0 Å². The SMILES string of the molecule is COCC(Cl)=[NH+]CI. The molecule has 0 aromatic rings. The van der Waals surface area contributed by atoms with Gasteiger partial charge in [-0.3, -0.25) is 0 Å². The normalized spacial score (nSPS) is 12.1. The van der Waals surface area contributed by atoms with Crippen LogP contribution in [0.25, 0.3) is 0 Å². The number of methoxy groups -OCH3 is 1. The van der Waals surface area contributed by atoms with E-state index in [2.05, 4.69) is 27.6 Å². The zero-order valence-corrected chi connectivity index (χ0v) is 7.49. The molecular formula is C4H8ClINO+. The van der Waals surface area contributed by atoms with Crippen molar-refractivity contribution in [2.24, 2.45) is 0 Å². The van der Waals surface area contributed by atoms with Crippen molar-refractivity contribution in [1.82, 2.24) is 0 Å². The third-order valence-electron chi connectivity index (χ3n) is 0.530. The van der Waals surface area contributed by atoms with Crippen molar-refractivity contribution in [1.29, 1.82) is 0 Å². The van der Waals surface area contributed by atoms with Crippen LogP contribution in [0.1, 0.15) is 0 Å². The van der Waals surface area contributed by atoms with Crippen LogP contribution in [-0.4, -0.2) is 23.4 Å². The molecule has 0 rings (SSSR count). The Morgan fingerprint density at radius 2 is 2.50 bits per heavy atom. The van der Waals surface area contributed by atoms with E-state index in [1.807, 2.05) is 0 Å². The lowest BCUT2D eigenvalue weighted by Crippen LogP contribution is -2.70. The first-order chi connectivity index (χ1) is 3.81. The summed E-state index contributed by atoms with van der Waals surface area (Å²) in [5.41, 5.74) is 0. The van der Waals surface area contributed by atoms with Gasteiger partial charge in [0.1, 0.15) is 6.61 Å². The van der Waals surface area contributed by atoms with Gasteiger partial charge in [0.05, 0.1) is 0 Å². The third-order valence-corrected chi connectivity index (χ3v) is 1.15. The highest BCUT2D eigenvalue weighted by atomic mass is 127. The van der Waals surface area contributed by atoms with Gasteiger partial charge in [0.25, 0.3) is 5.17 Å². The van der Waals surface area contributed by atoms with E-state index in [9.17, 15) is 0 Å². The fraction of sp³-hybridized carbons (Fsp3) is 0.750. The smallest absolute Gasteiger partial charge is 0.270 e. The maximum Gasteiger partial charge on any atom is 0.270 e. The molecule has 0 unspecified atom stereocenters. The molecule has 0 fully saturated rings. The van der Waals surface area contributed by atoms with Gasteiger partial charge in [-0.2, -0.15) is 0 Å². The van der Waals surface area contributed by atoms with Gasteiger partial charge in [-0.15, -0.1) is 0 Å². The van der Waals surface area contributed by atoms with Gasteiger partial charge in [-0.1, -0.05) is 0 Å². The van der Waals surface area contributed by atoms with E-state index in [0.717, 1.165) is 4.55 Å². The Kier molecular flexibility index (Phi) is 6.25. The zero-order chi connectivity index (χ0) is 6.41. The molecule has 0 radical (unpaired) electrons. The Bertz CT molecular complexity index is 86.1. The number of ether oxygens (including phenoxy) is 1. The first kappa shape index (κ1) is 8.65. The van der Waals surface area contributed by atoms with E-state index in [1.54, 1.807) is 7.11 Å². The molecule has 1 N–H and O–H groups in total. The van der Waals surface area contributed by atoms with E-state index in [0.29, 0.717) is 11.8 Å². The summed E-state index contributed by atoms with van der Waals surface area (Å²) in [6, 6.07) is 0. The highest BCUT2D eigenvalue weighted by Crippen LogP contribution is 1.74. The minimum absolute atomic E-state index is 0.477. The molecule has 0 aliphatic carbocycles. The van der Waals surface area contributed by atoms with Crippen LogP contribution in [-0.2, 0) is 4.74 Å². The molecule has 0 bridgehead atoms. The van der Waals surface area contributed by atoms with Gasteiger partial charge >= 0.3 is 0 Å². The van der Waals surface area contributed by atoms with E-state index in [4.69, 9.17) is 16.3 Å². The highest BCUT2D eigenvalue weighted by molar-refractivity contribution is 14.1. The highest BCUT2D eigenvalue weighted by Gasteiger charge is 1.95. The summed E-state index contributed by atoms with van der Waals surface area (Å²) in [7, 11) is 1.61. The van der Waals surface area contributed by atoms with Crippen LogP contribution in [0.3, 0.4) is 0 Å². The summed E-state index contributed by atoms with van der Waals surface area (Å²) in [6.45, 7) is 0.477. The molecule has 0 aromatic carbocycles. The first-order valence-electron chi connectivity index (χ1n) is 2.11. The van der Waals surface area contributed by atoms with Crippen LogP contribution < -0.4 is 4.99 Å². The second kappa shape index (κ2) is 5.78. The molecule has 8 heavy (non-hydrogen) atoms. The van der Waals surface area contributed by atoms with E-state index in [-0.39, 0.29) is 0 Å². The summed E-state index contributed by atoms with van der Waals surface area (Å²) >= 11 is 7.73. The van der Waals surface area contributed by atoms with Gasteiger partial charge in [-0.25, -0.2) is 4.99 Å². The van der Waals surface area contributed by atoms with Gasteiger partial charge in [0.2, 0.25) is 0 Å². The molecule has 0 aliphatic rings. The molecule has 2 nitrogen and oxygen atoms in total. The largest absolute Gasteiger partial charge is 0.373 e. The average Bonchev–Trinajstić information content (AvgIpc) is 1.68. The van der Waals surface area contributed by atoms with Gasteiger partial charge < -0.3 is 4.74 Å². The quantitative estimate of drug-likeness (QED) is 0.316. The van der Waals surface area contributed by atoms with Crippen LogP contribution >= 0.6 is 34.2 Å². The van der Waals surface area contributed by atoms with Crippen molar-refractivity contribution in [2.45, 2.75) is 0 Å².